The number of rotatable bonds is 7. The van der Waals surface area contributed by atoms with Crippen molar-refractivity contribution in [2.45, 2.75) is 96.1 Å². The number of halogens is 6. The van der Waals surface area contributed by atoms with Crippen molar-refractivity contribution in [3.8, 4) is 0 Å². The van der Waals surface area contributed by atoms with Gasteiger partial charge in [-0.3, -0.25) is 0 Å². The highest BCUT2D eigenvalue weighted by atomic mass is 19.4. The minimum absolute atomic E-state index is 0.0187. The summed E-state index contributed by atoms with van der Waals surface area (Å²) in [6.45, 7) is 2.25. The molecule has 36 heavy (non-hydrogen) atoms. The van der Waals surface area contributed by atoms with E-state index in [0.717, 1.165) is 43.6 Å². The fraction of sp³-hybridized carbons (Fsp3) is 0.600. The second kappa shape index (κ2) is 11.6. The lowest BCUT2D eigenvalue weighted by Crippen LogP contribution is -2.25. The largest absolute Gasteiger partial charge is 0.419 e. The molecule has 2 aliphatic carbocycles. The van der Waals surface area contributed by atoms with Crippen molar-refractivity contribution in [1.82, 2.24) is 0 Å². The van der Waals surface area contributed by atoms with Crippen molar-refractivity contribution < 1.29 is 26.3 Å². The van der Waals surface area contributed by atoms with Gasteiger partial charge in [0.1, 0.15) is 5.82 Å². The average molecular weight is 511 g/mol. The van der Waals surface area contributed by atoms with Gasteiger partial charge in [-0.1, -0.05) is 50.8 Å². The minimum Gasteiger partial charge on any atom is -0.206 e. The summed E-state index contributed by atoms with van der Waals surface area (Å²) in [5.41, 5.74) is -0.422. The lowest BCUT2D eigenvalue weighted by atomic mass is 9.68. The molecule has 0 heterocycles. The third-order valence-electron chi connectivity index (χ3n) is 8.68. The molecule has 0 aromatic heterocycles. The summed E-state index contributed by atoms with van der Waals surface area (Å²) in [7, 11) is 0. The van der Waals surface area contributed by atoms with Crippen LogP contribution in [0.5, 0.6) is 0 Å². The van der Waals surface area contributed by atoms with E-state index in [1.165, 1.54) is 44.6 Å². The van der Waals surface area contributed by atoms with Gasteiger partial charge in [-0.25, -0.2) is 13.2 Å². The van der Waals surface area contributed by atoms with Crippen LogP contribution in [0.1, 0.15) is 99.3 Å². The minimum atomic E-state index is -4.76. The molecular formula is C30H36F6. The van der Waals surface area contributed by atoms with Crippen LogP contribution in [-0.2, 0) is 19.0 Å². The molecule has 6 heteroatoms. The molecule has 0 spiro atoms. The Balaban J connectivity index is 1.33. The molecule has 4 rings (SSSR count). The van der Waals surface area contributed by atoms with Crippen molar-refractivity contribution in [3.05, 3.63) is 70.0 Å². The monoisotopic (exact) mass is 510 g/mol. The van der Waals surface area contributed by atoms with Gasteiger partial charge in [0.15, 0.2) is 11.6 Å². The predicted octanol–water partition coefficient (Wildman–Crippen LogP) is 9.79. The van der Waals surface area contributed by atoms with E-state index in [-0.39, 0.29) is 24.3 Å². The molecule has 2 aliphatic rings. The highest BCUT2D eigenvalue weighted by Crippen LogP contribution is 2.45. The van der Waals surface area contributed by atoms with E-state index in [1.807, 2.05) is 0 Å². The Labute approximate surface area is 210 Å². The molecule has 2 saturated carbocycles. The van der Waals surface area contributed by atoms with Crippen LogP contribution in [0, 0.1) is 35.2 Å². The summed E-state index contributed by atoms with van der Waals surface area (Å²) < 4.78 is 82.0. The van der Waals surface area contributed by atoms with Crippen molar-refractivity contribution in [1.29, 1.82) is 0 Å². The average Bonchev–Trinajstić information content (AvgIpc) is 2.85. The molecule has 0 aliphatic heterocycles. The van der Waals surface area contributed by atoms with E-state index < -0.39 is 29.2 Å². The number of hydrogen-bond donors (Lipinski definition) is 0. The van der Waals surface area contributed by atoms with E-state index in [4.69, 9.17) is 0 Å². The standard InChI is InChI=1S/C30H36F6/c1-2-3-19-4-8-21(9-5-19)22-11-13-23(14-12-22)25-16-15-24(28(32)29(25)33)10-6-20-7-17-26(27(31)18-20)30(34,35)36/h7,15-19,21-23H,2-6,8-14H2,1H3. The molecular weight excluding hydrogens is 474 g/mol. The van der Waals surface area contributed by atoms with Crippen LogP contribution in [0.25, 0.3) is 0 Å². The van der Waals surface area contributed by atoms with Gasteiger partial charge in [0.25, 0.3) is 0 Å². The Hall–Kier alpha value is -1.98. The molecule has 2 aromatic rings. The first-order valence-electron chi connectivity index (χ1n) is 13.5. The zero-order valence-electron chi connectivity index (χ0n) is 20.9. The summed E-state index contributed by atoms with van der Waals surface area (Å²) in [6.07, 6.45) is 7.19. The third kappa shape index (κ3) is 6.28. The first-order chi connectivity index (χ1) is 17.2. The molecule has 0 atom stereocenters. The van der Waals surface area contributed by atoms with Crippen molar-refractivity contribution in [2.24, 2.45) is 17.8 Å². The fourth-order valence-electron chi connectivity index (χ4n) is 6.59. The van der Waals surface area contributed by atoms with E-state index in [0.29, 0.717) is 23.1 Å². The molecule has 0 N–H and O–H groups in total. The summed E-state index contributed by atoms with van der Waals surface area (Å²) in [6, 6.07) is 5.94. The maximum atomic E-state index is 15.0. The Morgan fingerprint density at radius 1 is 0.750 bits per heavy atom. The van der Waals surface area contributed by atoms with Crippen LogP contribution < -0.4 is 0 Å². The summed E-state index contributed by atoms with van der Waals surface area (Å²) >= 11 is 0. The molecule has 0 nitrogen and oxygen atoms in total. The van der Waals surface area contributed by atoms with Gasteiger partial charge in [0, 0.05) is 0 Å². The summed E-state index contributed by atoms with van der Waals surface area (Å²) in [5.74, 6) is -0.683. The summed E-state index contributed by atoms with van der Waals surface area (Å²) in [5, 5.41) is 0. The van der Waals surface area contributed by atoms with Gasteiger partial charge in [0.2, 0.25) is 0 Å². The number of aryl methyl sites for hydroxylation is 2. The van der Waals surface area contributed by atoms with Crippen LogP contribution in [0.3, 0.4) is 0 Å². The first kappa shape index (κ1) is 27.1. The smallest absolute Gasteiger partial charge is 0.206 e. The van der Waals surface area contributed by atoms with Crippen molar-refractivity contribution >= 4 is 0 Å². The zero-order valence-corrected chi connectivity index (χ0v) is 20.9. The Morgan fingerprint density at radius 3 is 1.97 bits per heavy atom. The van der Waals surface area contributed by atoms with Crippen LogP contribution in [0.15, 0.2) is 30.3 Å². The second-order valence-corrected chi connectivity index (χ2v) is 10.9. The maximum absolute atomic E-state index is 15.0. The van der Waals surface area contributed by atoms with Gasteiger partial charge in [0.05, 0.1) is 5.56 Å². The van der Waals surface area contributed by atoms with Gasteiger partial charge < -0.3 is 0 Å². The second-order valence-electron chi connectivity index (χ2n) is 10.9. The highest BCUT2D eigenvalue weighted by molar-refractivity contribution is 5.31. The third-order valence-corrected chi connectivity index (χ3v) is 8.68. The molecule has 0 bridgehead atoms. The molecule has 198 valence electrons. The van der Waals surface area contributed by atoms with Crippen molar-refractivity contribution in [2.75, 3.05) is 0 Å². The van der Waals surface area contributed by atoms with Crippen LogP contribution in [0.2, 0.25) is 0 Å². The van der Waals surface area contributed by atoms with E-state index in [9.17, 15) is 22.0 Å². The molecule has 0 radical (unpaired) electrons. The molecule has 0 unspecified atom stereocenters. The Morgan fingerprint density at radius 2 is 1.39 bits per heavy atom. The first-order valence-corrected chi connectivity index (χ1v) is 13.5. The summed E-state index contributed by atoms with van der Waals surface area (Å²) in [4.78, 5) is 0. The number of benzene rings is 2. The van der Waals surface area contributed by atoms with Gasteiger partial charge in [-0.15, -0.1) is 0 Å². The van der Waals surface area contributed by atoms with Gasteiger partial charge in [-0.2, -0.15) is 13.2 Å². The van der Waals surface area contributed by atoms with Crippen LogP contribution in [-0.4, -0.2) is 0 Å². The topological polar surface area (TPSA) is 0 Å². The van der Waals surface area contributed by atoms with Gasteiger partial charge >= 0.3 is 6.18 Å². The highest BCUT2D eigenvalue weighted by Gasteiger charge is 2.34. The van der Waals surface area contributed by atoms with E-state index in [1.54, 1.807) is 12.1 Å². The maximum Gasteiger partial charge on any atom is 0.419 e. The van der Waals surface area contributed by atoms with Crippen LogP contribution in [0.4, 0.5) is 26.3 Å². The lowest BCUT2D eigenvalue weighted by molar-refractivity contribution is -0.140. The van der Waals surface area contributed by atoms with Crippen LogP contribution >= 0.6 is 0 Å². The lowest BCUT2D eigenvalue weighted by Gasteiger charge is -2.38. The fourth-order valence-corrected chi connectivity index (χ4v) is 6.59. The molecule has 0 amide bonds. The van der Waals surface area contributed by atoms with Crippen molar-refractivity contribution in [3.63, 3.8) is 0 Å². The number of alkyl halides is 3. The van der Waals surface area contributed by atoms with E-state index in [2.05, 4.69) is 6.92 Å². The SMILES string of the molecule is CCCC1CCC(C2CCC(c3ccc(CCc4ccc(C(F)(F)F)c(F)c4)c(F)c3F)CC2)CC1. The van der Waals surface area contributed by atoms with E-state index >= 15 is 4.39 Å². The Kier molecular flexibility index (Phi) is 8.72. The molecule has 2 fully saturated rings. The normalized spacial score (nSPS) is 25.2. The number of hydrogen-bond acceptors (Lipinski definition) is 0. The Bertz CT molecular complexity index is 1010. The zero-order chi connectivity index (χ0) is 25.9. The predicted molar refractivity (Wildman–Crippen MR) is 130 cm³/mol. The molecule has 2 aromatic carbocycles. The molecule has 0 saturated heterocycles. The van der Waals surface area contributed by atoms with Gasteiger partial charge in [-0.05, 0) is 104 Å². The quantitative estimate of drug-likeness (QED) is 0.325.